The van der Waals surface area contributed by atoms with Crippen LogP contribution in [0.3, 0.4) is 0 Å². The molecule has 27 heavy (non-hydrogen) atoms. The molecule has 1 saturated heterocycles. The number of benzene rings is 1. The number of aromatic nitrogens is 2. The molecule has 0 bridgehead atoms. The molecule has 0 radical (unpaired) electrons. The summed E-state index contributed by atoms with van der Waals surface area (Å²) in [5, 5.41) is 12.5. The number of likely N-dealkylation sites (tertiary alicyclic amines) is 1. The lowest BCUT2D eigenvalue weighted by atomic mass is 10.0. The fraction of sp³-hybridized carbons (Fsp3) is 0.524. The standard InChI is InChI=1S/C21H26ClFN4/c1-13(2)10-27-11-14-7-17(8-15(14)12-27)24-21-6-5-20(25-26-21)18-9-16(23)3-4-19(18)22/h3-6,9,13-15,17H,7-8,10-12H2,1-2H3,(H,24,26)/t14-,15+,17?. The summed E-state index contributed by atoms with van der Waals surface area (Å²) in [6.07, 6.45) is 2.39. The van der Waals surface area contributed by atoms with E-state index in [1.807, 2.05) is 12.1 Å². The molecule has 1 aromatic heterocycles. The zero-order valence-electron chi connectivity index (χ0n) is 15.8. The Kier molecular flexibility index (Phi) is 5.33. The summed E-state index contributed by atoms with van der Waals surface area (Å²) in [6, 6.07) is 8.48. The maximum atomic E-state index is 13.5. The first-order valence-corrected chi connectivity index (χ1v) is 10.1. The zero-order valence-corrected chi connectivity index (χ0v) is 16.6. The number of hydrogen-bond donors (Lipinski definition) is 1. The Bertz CT molecular complexity index is 781. The van der Waals surface area contributed by atoms with Crippen molar-refractivity contribution in [3.63, 3.8) is 0 Å². The molecule has 6 heteroatoms. The fourth-order valence-corrected chi connectivity index (χ4v) is 4.85. The van der Waals surface area contributed by atoms with E-state index >= 15 is 0 Å². The summed E-state index contributed by atoms with van der Waals surface area (Å²) >= 11 is 6.15. The van der Waals surface area contributed by atoms with E-state index in [-0.39, 0.29) is 5.82 Å². The SMILES string of the molecule is CC(C)CN1C[C@H]2CC(Nc3ccc(-c4cc(F)ccc4Cl)nn3)C[C@H]2C1. The molecule has 2 heterocycles. The van der Waals surface area contributed by atoms with E-state index < -0.39 is 0 Å². The Morgan fingerprint density at radius 2 is 1.89 bits per heavy atom. The summed E-state index contributed by atoms with van der Waals surface area (Å²) < 4.78 is 13.5. The number of rotatable bonds is 5. The normalized spacial score (nSPS) is 25.1. The van der Waals surface area contributed by atoms with E-state index in [0.29, 0.717) is 22.3 Å². The summed E-state index contributed by atoms with van der Waals surface area (Å²) in [7, 11) is 0. The first kappa shape index (κ1) is 18.6. The molecule has 1 aliphatic carbocycles. The van der Waals surface area contributed by atoms with Crippen LogP contribution < -0.4 is 5.32 Å². The third-order valence-electron chi connectivity index (χ3n) is 5.67. The molecule has 2 fully saturated rings. The lowest BCUT2D eigenvalue weighted by Gasteiger charge is -2.21. The first-order valence-electron chi connectivity index (χ1n) is 9.76. The summed E-state index contributed by atoms with van der Waals surface area (Å²) in [5.74, 6) is 2.76. The van der Waals surface area contributed by atoms with Crippen LogP contribution in [-0.2, 0) is 0 Å². The molecule has 3 atom stereocenters. The number of halogens is 2. The highest BCUT2D eigenvalue weighted by atomic mass is 35.5. The molecule has 4 nitrogen and oxygen atoms in total. The molecule has 1 unspecified atom stereocenters. The van der Waals surface area contributed by atoms with Crippen molar-refractivity contribution in [3.05, 3.63) is 41.2 Å². The van der Waals surface area contributed by atoms with Gasteiger partial charge in [-0.2, -0.15) is 0 Å². The quantitative estimate of drug-likeness (QED) is 0.805. The third-order valence-corrected chi connectivity index (χ3v) is 6.00. The third kappa shape index (κ3) is 4.25. The lowest BCUT2D eigenvalue weighted by molar-refractivity contribution is 0.275. The van der Waals surface area contributed by atoms with Crippen molar-refractivity contribution in [2.75, 3.05) is 25.0 Å². The van der Waals surface area contributed by atoms with E-state index in [4.69, 9.17) is 11.6 Å². The molecule has 2 aliphatic rings. The topological polar surface area (TPSA) is 41.0 Å². The second-order valence-electron chi connectivity index (χ2n) is 8.37. The van der Waals surface area contributed by atoms with Crippen LogP contribution in [-0.4, -0.2) is 40.8 Å². The largest absolute Gasteiger partial charge is 0.366 e. The molecule has 2 aromatic rings. The Hall–Kier alpha value is -1.72. The van der Waals surface area contributed by atoms with Gasteiger partial charge in [0.2, 0.25) is 0 Å². The highest BCUT2D eigenvalue weighted by molar-refractivity contribution is 6.33. The van der Waals surface area contributed by atoms with Crippen molar-refractivity contribution in [1.29, 1.82) is 0 Å². The van der Waals surface area contributed by atoms with Gasteiger partial charge in [-0.3, -0.25) is 0 Å². The van der Waals surface area contributed by atoms with E-state index in [1.165, 1.54) is 44.6 Å². The smallest absolute Gasteiger partial charge is 0.148 e. The van der Waals surface area contributed by atoms with Gasteiger partial charge in [-0.25, -0.2) is 4.39 Å². The predicted molar refractivity (Wildman–Crippen MR) is 107 cm³/mol. The fourth-order valence-electron chi connectivity index (χ4n) is 4.64. The van der Waals surface area contributed by atoms with Crippen LogP contribution in [0.5, 0.6) is 0 Å². The monoisotopic (exact) mass is 388 g/mol. The first-order chi connectivity index (χ1) is 13.0. The molecular weight excluding hydrogens is 363 g/mol. The second-order valence-corrected chi connectivity index (χ2v) is 8.78. The van der Waals surface area contributed by atoms with Crippen LogP contribution in [0.1, 0.15) is 26.7 Å². The average Bonchev–Trinajstić information content (AvgIpc) is 3.15. The molecule has 1 N–H and O–H groups in total. The Morgan fingerprint density at radius 3 is 2.52 bits per heavy atom. The Balaban J connectivity index is 1.36. The minimum atomic E-state index is -0.331. The molecule has 1 aliphatic heterocycles. The zero-order chi connectivity index (χ0) is 19.0. The molecule has 1 aromatic carbocycles. The van der Waals surface area contributed by atoms with Gasteiger partial charge < -0.3 is 10.2 Å². The van der Waals surface area contributed by atoms with Crippen molar-refractivity contribution in [1.82, 2.24) is 15.1 Å². The Labute approximate surface area is 165 Å². The van der Waals surface area contributed by atoms with Crippen LogP contribution in [0.15, 0.2) is 30.3 Å². The van der Waals surface area contributed by atoms with Gasteiger partial charge >= 0.3 is 0 Å². The number of anilines is 1. The van der Waals surface area contributed by atoms with Crippen LogP contribution in [0.2, 0.25) is 5.02 Å². The van der Waals surface area contributed by atoms with E-state index in [0.717, 1.165) is 23.6 Å². The molecule has 144 valence electrons. The average molecular weight is 389 g/mol. The van der Waals surface area contributed by atoms with Gasteiger partial charge in [0.1, 0.15) is 11.6 Å². The van der Waals surface area contributed by atoms with Crippen LogP contribution in [0.4, 0.5) is 10.2 Å². The maximum Gasteiger partial charge on any atom is 0.148 e. The van der Waals surface area contributed by atoms with Crippen molar-refractivity contribution in [3.8, 4) is 11.3 Å². The minimum absolute atomic E-state index is 0.331. The van der Waals surface area contributed by atoms with E-state index in [2.05, 4.69) is 34.3 Å². The molecule has 1 saturated carbocycles. The predicted octanol–water partition coefficient (Wildman–Crippen LogP) is 4.71. The number of hydrogen-bond acceptors (Lipinski definition) is 4. The summed E-state index contributed by atoms with van der Waals surface area (Å²) in [4.78, 5) is 2.62. The van der Waals surface area contributed by atoms with Crippen molar-refractivity contribution >= 4 is 17.4 Å². The highest BCUT2D eigenvalue weighted by Crippen LogP contribution is 2.39. The maximum absolute atomic E-state index is 13.5. The van der Waals surface area contributed by atoms with Crippen LogP contribution in [0, 0.1) is 23.6 Å². The molecule has 0 amide bonds. The van der Waals surface area contributed by atoms with Gasteiger partial charge in [-0.1, -0.05) is 25.4 Å². The van der Waals surface area contributed by atoms with Crippen molar-refractivity contribution in [2.24, 2.45) is 17.8 Å². The Morgan fingerprint density at radius 1 is 1.15 bits per heavy atom. The second kappa shape index (κ2) is 7.72. The molecule has 0 spiro atoms. The number of nitrogens with one attached hydrogen (secondary N) is 1. The van der Waals surface area contributed by atoms with Crippen LogP contribution in [0.25, 0.3) is 11.3 Å². The van der Waals surface area contributed by atoms with E-state index in [9.17, 15) is 4.39 Å². The van der Waals surface area contributed by atoms with Gasteiger partial charge in [0.05, 0.1) is 10.7 Å². The van der Waals surface area contributed by atoms with E-state index in [1.54, 1.807) is 6.07 Å². The van der Waals surface area contributed by atoms with Crippen molar-refractivity contribution in [2.45, 2.75) is 32.7 Å². The van der Waals surface area contributed by atoms with Gasteiger partial charge in [0.25, 0.3) is 0 Å². The summed E-state index contributed by atoms with van der Waals surface area (Å²) in [6.45, 7) is 8.24. The minimum Gasteiger partial charge on any atom is -0.366 e. The highest BCUT2D eigenvalue weighted by Gasteiger charge is 2.40. The molecular formula is C21H26ClFN4. The van der Waals surface area contributed by atoms with Crippen LogP contribution >= 0.6 is 11.6 Å². The number of nitrogens with zero attached hydrogens (tertiary/aromatic N) is 3. The van der Waals surface area contributed by atoms with Gasteiger partial charge in [-0.15, -0.1) is 10.2 Å². The van der Waals surface area contributed by atoms with Gasteiger partial charge in [0, 0.05) is 31.2 Å². The van der Waals surface area contributed by atoms with Crippen molar-refractivity contribution < 1.29 is 4.39 Å². The number of fused-ring (bicyclic) bond motifs is 1. The lowest BCUT2D eigenvalue weighted by Crippen LogP contribution is -2.28. The molecule has 4 rings (SSSR count). The summed E-state index contributed by atoms with van der Waals surface area (Å²) in [5.41, 5.74) is 1.15. The van der Waals surface area contributed by atoms with Gasteiger partial charge in [-0.05, 0) is 60.9 Å². The van der Waals surface area contributed by atoms with Gasteiger partial charge in [0.15, 0.2) is 0 Å².